The number of nitrogens with zero attached hydrogens (tertiary/aromatic N) is 2. The highest BCUT2D eigenvalue weighted by atomic mass is 16.7. The maximum Gasteiger partial charge on any atom is 0.287 e. The number of methoxy groups -OCH3 is 1. The lowest BCUT2D eigenvalue weighted by atomic mass is 10.2. The van der Waals surface area contributed by atoms with E-state index < -0.39 is 0 Å². The number of amides is 1. The number of fused-ring (bicyclic) bond motifs is 1. The van der Waals surface area contributed by atoms with E-state index >= 15 is 0 Å². The average molecular weight is 446 g/mol. The Labute approximate surface area is 188 Å². The molecule has 0 atom stereocenters. The predicted molar refractivity (Wildman–Crippen MR) is 117 cm³/mol. The number of carbonyl (C=O) groups excluding carboxylic acids is 1. The van der Waals surface area contributed by atoms with Crippen LogP contribution in [0.5, 0.6) is 11.5 Å². The maximum atomic E-state index is 12.2. The van der Waals surface area contributed by atoms with Crippen molar-refractivity contribution in [2.75, 3.05) is 66.4 Å². The van der Waals surface area contributed by atoms with E-state index in [1.807, 2.05) is 18.2 Å². The molecule has 32 heavy (non-hydrogen) atoms. The van der Waals surface area contributed by atoms with E-state index in [9.17, 15) is 4.79 Å². The molecule has 1 aromatic carbocycles. The summed E-state index contributed by atoms with van der Waals surface area (Å²) >= 11 is 0. The molecule has 3 heterocycles. The van der Waals surface area contributed by atoms with Gasteiger partial charge in [0.2, 0.25) is 6.79 Å². The SMILES string of the molecule is COCCNC(=O)c1ccc(CN(CCN2CCOCC2)Cc2ccc3c(c2)OCO3)o1. The summed E-state index contributed by atoms with van der Waals surface area (Å²) in [7, 11) is 1.60. The monoisotopic (exact) mass is 445 g/mol. The van der Waals surface area contributed by atoms with Crippen LogP contribution >= 0.6 is 0 Å². The van der Waals surface area contributed by atoms with Gasteiger partial charge in [0, 0.05) is 46.4 Å². The second kappa shape index (κ2) is 11.3. The van der Waals surface area contributed by atoms with Gasteiger partial charge in [-0.25, -0.2) is 0 Å². The highest BCUT2D eigenvalue weighted by Crippen LogP contribution is 2.33. The minimum atomic E-state index is -0.232. The highest BCUT2D eigenvalue weighted by molar-refractivity contribution is 5.91. The number of ether oxygens (including phenoxy) is 4. The third-order valence-corrected chi connectivity index (χ3v) is 5.54. The van der Waals surface area contributed by atoms with E-state index in [0.717, 1.165) is 68.8 Å². The van der Waals surface area contributed by atoms with Crippen LogP contribution in [-0.4, -0.2) is 82.2 Å². The standard InChI is InChI=1S/C23H31N3O6/c1-28-11-6-24-23(27)21-5-3-19(32-21)16-26(8-7-25-9-12-29-13-10-25)15-18-2-4-20-22(14-18)31-17-30-20/h2-5,14H,6-13,15-17H2,1H3,(H,24,27). The topological polar surface area (TPSA) is 85.6 Å². The van der Waals surface area contributed by atoms with Gasteiger partial charge in [0.1, 0.15) is 5.76 Å². The minimum absolute atomic E-state index is 0.232. The van der Waals surface area contributed by atoms with E-state index in [1.54, 1.807) is 13.2 Å². The molecule has 1 amide bonds. The van der Waals surface area contributed by atoms with Crippen LogP contribution in [-0.2, 0) is 22.6 Å². The van der Waals surface area contributed by atoms with Crippen LogP contribution in [0.25, 0.3) is 0 Å². The summed E-state index contributed by atoms with van der Waals surface area (Å²) in [6.45, 7) is 7.77. The number of hydrogen-bond acceptors (Lipinski definition) is 8. The first kappa shape index (κ1) is 22.6. The normalized spacial score (nSPS) is 15.9. The molecule has 0 unspecified atom stereocenters. The van der Waals surface area contributed by atoms with Crippen molar-refractivity contribution in [2.24, 2.45) is 0 Å². The molecule has 0 radical (unpaired) electrons. The molecule has 0 bridgehead atoms. The summed E-state index contributed by atoms with van der Waals surface area (Å²) in [6, 6.07) is 9.63. The van der Waals surface area contributed by atoms with Crippen molar-refractivity contribution in [3.05, 3.63) is 47.4 Å². The molecule has 1 fully saturated rings. The maximum absolute atomic E-state index is 12.2. The molecule has 2 aliphatic heterocycles. The van der Waals surface area contributed by atoms with Crippen LogP contribution in [0.2, 0.25) is 0 Å². The molecular formula is C23H31N3O6. The van der Waals surface area contributed by atoms with Crippen molar-refractivity contribution in [3.63, 3.8) is 0 Å². The van der Waals surface area contributed by atoms with E-state index in [1.165, 1.54) is 0 Å². The smallest absolute Gasteiger partial charge is 0.287 e. The van der Waals surface area contributed by atoms with Crippen LogP contribution in [0.3, 0.4) is 0 Å². The average Bonchev–Trinajstić information content (AvgIpc) is 3.47. The molecule has 0 spiro atoms. The second-order valence-corrected chi connectivity index (χ2v) is 7.87. The van der Waals surface area contributed by atoms with Gasteiger partial charge in [-0.1, -0.05) is 6.07 Å². The summed E-state index contributed by atoms with van der Waals surface area (Å²) in [5.74, 6) is 2.40. The lowest BCUT2D eigenvalue weighted by Gasteiger charge is -2.29. The molecule has 4 rings (SSSR count). The predicted octanol–water partition coefficient (Wildman–Crippen LogP) is 1.72. The molecule has 2 aliphatic rings. The molecule has 1 saturated heterocycles. The Morgan fingerprint density at radius 2 is 1.97 bits per heavy atom. The van der Waals surface area contributed by atoms with Crippen LogP contribution in [0.15, 0.2) is 34.7 Å². The summed E-state index contributed by atoms with van der Waals surface area (Å²) in [4.78, 5) is 17.0. The van der Waals surface area contributed by atoms with E-state index in [0.29, 0.717) is 25.5 Å². The fourth-order valence-corrected chi connectivity index (χ4v) is 3.78. The molecule has 2 aromatic rings. The number of nitrogens with one attached hydrogen (secondary N) is 1. The van der Waals surface area contributed by atoms with Gasteiger partial charge in [-0.3, -0.25) is 14.6 Å². The second-order valence-electron chi connectivity index (χ2n) is 7.87. The quantitative estimate of drug-likeness (QED) is 0.524. The lowest BCUT2D eigenvalue weighted by molar-refractivity contribution is 0.0321. The fraction of sp³-hybridized carbons (Fsp3) is 0.522. The van der Waals surface area contributed by atoms with Gasteiger partial charge in [-0.2, -0.15) is 0 Å². The zero-order valence-corrected chi connectivity index (χ0v) is 18.5. The molecule has 9 nitrogen and oxygen atoms in total. The third-order valence-electron chi connectivity index (χ3n) is 5.54. The summed E-state index contributed by atoms with van der Waals surface area (Å²) < 4.78 is 27.2. The van der Waals surface area contributed by atoms with Crippen LogP contribution in [0, 0.1) is 0 Å². The number of rotatable bonds is 11. The Morgan fingerprint density at radius 3 is 2.81 bits per heavy atom. The van der Waals surface area contributed by atoms with E-state index in [4.69, 9.17) is 23.4 Å². The van der Waals surface area contributed by atoms with Crippen LogP contribution in [0.1, 0.15) is 21.9 Å². The Balaban J connectivity index is 1.39. The molecular weight excluding hydrogens is 414 g/mol. The summed E-state index contributed by atoms with van der Waals surface area (Å²) in [5.41, 5.74) is 1.14. The molecule has 0 saturated carbocycles. The fourth-order valence-electron chi connectivity index (χ4n) is 3.78. The zero-order valence-electron chi connectivity index (χ0n) is 18.5. The lowest BCUT2D eigenvalue weighted by Crippen LogP contribution is -2.41. The van der Waals surface area contributed by atoms with Gasteiger partial charge in [-0.15, -0.1) is 0 Å². The number of carbonyl (C=O) groups is 1. The van der Waals surface area contributed by atoms with Crippen molar-refractivity contribution in [3.8, 4) is 11.5 Å². The van der Waals surface area contributed by atoms with Crippen molar-refractivity contribution < 1.29 is 28.2 Å². The van der Waals surface area contributed by atoms with Gasteiger partial charge < -0.3 is 28.7 Å². The third kappa shape index (κ3) is 6.23. The first-order valence-electron chi connectivity index (χ1n) is 11.0. The van der Waals surface area contributed by atoms with Gasteiger partial charge in [-0.05, 0) is 29.8 Å². The highest BCUT2D eigenvalue weighted by Gasteiger charge is 2.18. The van der Waals surface area contributed by atoms with Crippen molar-refractivity contribution >= 4 is 5.91 Å². The Morgan fingerprint density at radius 1 is 1.12 bits per heavy atom. The Kier molecular flexibility index (Phi) is 8.00. The molecule has 1 N–H and O–H groups in total. The molecule has 0 aliphatic carbocycles. The molecule has 1 aromatic heterocycles. The summed E-state index contributed by atoms with van der Waals surface area (Å²) in [6.07, 6.45) is 0. The zero-order chi connectivity index (χ0) is 22.2. The summed E-state index contributed by atoms with van der Waals surface area (Å²) in [5, 5.41) is 2.78. The van der Waals surface area contributed by atoms with Crippen molar-refractivity contribution in [2.45, 2.75) is 13.1 Å². The van der Waals surface area contributed by atoms with Crippen molar-refractivity contribution in [1.82, 2.24) is 15.1 Å². The largest absolute Gasteiger partial charge is 0.455 e. The molecule has 174 valence electrons. The van der Waals surface area contributed by atoms with Gasteiger partial charge in [0.05, 0.1) is 26.4 Å². The van der Waals surface area contributed by atoms with E-state index in [2.05, 4.69) is 21.2 Å². The number of benzene rings is 1. The number of morpholine rings is 1. The Bertz CT molecular complexity index is 880. The van der Waals surface area contributed by atoms with E-state index in [-0.39, 0.29) is 12.7 Å². The Hall–Kier alpha value is -2.59. The number of hydrogen-bond donors (Lipinski definition) is 1. The van der Waals surface area contributed by atoms with Crippen LogP contribution < -0.4 is 14.8 Å². The number of furan rings is 1. The first-order chi connectivity index (χ1) is 15.7. The van der Waals surface area contributed by atoms with Gasteiger partial charge in [0.15, 0.2) is 17.3 Å². The first-order valence-corrected chi connectivity index (χ1v) is 11.0. The van der Waals surface area contributed by atoms with Gasteiger partial charge >= 0.3 is 0 Å². The van der Waals surface area contributed by atoms with Crippen molar-refractivity contribution in [1.29, 1.82) is 0 Å². The van der Waals surface area contributed by atoms with Gasteiger partial charge in [0.25, 0.3) is 5.91 Å². The minimum Gasteiger partial charge on any atom is -0.455 e. The molecule has 9 heteroatoms. The van der Waals surface area contributed by atoms with Crippen LogP contribution in [0.4, 0.5) is 0 Å².